The molecule has 8 heteroatoms. The van der Waals surface area contributed by atoms with E-state index in [2.05, 4.69) is 56.1 Å². The number of rotatable bonds is 11. The van der Waals surface area contributed by atoms with Gasteiger partial charge in [-0.3, -0.25) is 14.4 Å². The first-order chi connectivity index (χ1) is 19.6. The summed E-state index contributed by atoms with van der Waals surface area (Å²) in [5.74, 6) is -0.525. The summed E-state index contributed by atoms with van der Waals surface area (Å²) in [5, 5.41) is 11.6. The van der Waals surface area contributed by atoms with Crippen LogP contribution in [-0.2, 0) is 27.3 Å². The van der Waals surface area contributed by atoms with Gasteiger partial charge in [0.25, 0.3) is 0 Å². The summed E-state index contributed by atoms with van der Waals surface area (Å²) in [4.78, 5) is 41.6. The van der Waals surface area contributed by atoms with Crippen LogP contribution < -0.4 is 16.0 Å². The van der Waals surface area contributed by atoms with E-state index in [1.165, 1.54) is 5.56 Å². The number of nitrogens with one attached hydrogen (secondary N) is 3. The molecule has 1 aliphatic rings. The highest BCUT2D eigenvalue weighted by Crippen LogP contribution is 2.26. The summed E-state index contributed by atoms with van der Waals surface area (Å²) in [7, 11) is 0. The lowest BCUT2D eigenvalue weighted by Crippen LogP contribution is -2.55. The number of fused-ring (bicyclic) bond motifs is 1. The number of benzene rings is 3. The van der Waals surface area contributed by atoms with E-state index < -0.39 is 17.5 Å². The van der Waals surface area contributed by atoms with Crippen LogP contribution in [0.4, 0.5) is 0 Å². The van der Waals surface area contributed by atoms with E-state index in [1.807, 2.05) is 63.2 Å². The van der Waals surface area contributed by atoms with Crippen LogP contribution in [0.25, 0.3) is 10.8 Å². The Kier molecular flexibility index (Phi) is 10.6. The number of hydrogen-bond donors (Lipinski definition) is 3. The standard InChI is InChI=1S/C33H41BrN4O3/c1-33(2,3)32(41)38-18-7-13-29(38)31(40)37-28(21-23-14-15-25-10-4-5-11-26(25)19-23)30(39)36-17-8-16-35-22-24-9-6-12-27(34)20-24/h4-6,9-12,14-15,19-20,28-29,35H,7-8,13,16-18,21-22H2,1-3H3,(H,36,39)(H,37,40)/t28-,29?/m1/s1. The molecule has 0 aliphatic carbocycles. The molecule has 41 heavy (non-hydrogen) atoms. The second-order valence-corrected chi connectivity index (χ2v) is 12.7. The van der Waals surface area contributed by atoms with E-state index in [9.17, 15) is 14.4 Å². The predicted molar refractivity (Wildman–Crippen MR) is 167 cm³/mol. The topological polar surface area (TPSA) is 90.5 Å². The summed E-state index contributed by atoms with van der Waals surface area (Å²) in [6, 6.07) is 21.1. The summed E-state index contributed by atoms with van der Waals surface area (Å²) in [6.07, 6.45) is 2.49. The Morgan fingerprint density at radius 1 is 0.951 bits per heavy atom. The third kappa shape index (κ3) is 8.63. The predicted octanol–water partition coefficient (Wildman–Crippen LogP) is 4.96. The zero-order valence-corrected chi connectivity index (χ0v) is 25.8. The number of carbonyl (C=O) groups is 3. The van der Waals surface area contributed by atoms with Gasteiger partial charge in [0, 0.05) is 35.9 Å². The minimum absolute atomic E-state index is 0.0407. The first-order valence-electron chi connectivity index (χ1n) is 14.4. The van der Waals surface area contributed by atoms with Crippen molar-refractivity contribution in [2.45, 2.75) is 65.1 Å². The van der Waals surface area contributed by atoms with Crippen molar-refractivity contribution in [1.82, 2.24) is 20.9 Å². The van der Waals surface area contributed by atoms with Crippen LogP contribution in [0, 0.1) is 5.41 Å². The van der Waals surface area contributed by atoms with Crippen molar-refractivity contribution in [2.24, 2.45) is 5.41 Å². The van der Waals surface area contributed by atoms with Crippen molar-refractivity contribution >= 4 is 44.4 Å². The average molecular weight is 622 g/mol. The number of nitrogens with zero attached hydrogens (tertiary/aromatic N) is 1. The zero-order valence-electron chi connectivity index (χ0n) is 24.2. The van der Waals surface area contributed by atoms with Crippen molar-refractivity contribution in [3.8, 4) is 0 Å². The molecule has 3 amide bonds. The molecule has 2 atom stereocenters. The Hall–Kier alpha value is -3.23. The summed E-state index contributed by atoms with van der Waals surface area (Å²) >= 11 is 3.49. The van der Waals surface area contributed by atoms with Gasteiger partial charge in [0.15, 0.2) is 0 Å². The van der Waals surface area contributed by atoms with Gasteiger partial charge in [-0.25, -0.2) is 0 Å². The molecule has 3 aromatic rings. The molecule has 0 spiro atoms. The van der Waals surface area contributed by atoms with Crippen LogP contribution in [0.3, 0.4) is 0 Å². The molecule has 3 aromatic carbocycles. The average Bonchev–Trinajstić information content (AvgIpc) is 3.43. The van der Waals surface area contributed by atoms with Crippen LogP contribution in [0.15, 0.2) is 71.2 Å². The monoisotopic (exact) mass is 620 g/mol. The van der Waals surface area contributed by atoms with Crippen LogP contribution in [0.2, 0.25) is 0 Å². The molecule has 0 bridgehead atoms. The maximum atomic E-state index is 13.5. The lowest BCUT2D eigenvalue weighted by atomic mass is 9.94. The maximum Gasteiger partial charge on any atom is 0.243 e. The fourth-order valence-electron chi connectivity index (χ4n) is 5.22. The van der Waals surface area contributed by atoms with Gasteiger partial charge in [-0.15, -0.1) is 0 Å². The molecule has 3 N–H and O–H groups in total. The molecule has 1 unspecified atom stereocenters. The second-order valence-electron chi connectivity index (χ2n) is 11.8. The fraction of sp³-hybridized carbons (Fsp3) is 0.424. The smallest absolute Gasteiger partial charge is 0.243 e. The van der Waals surface area contributed by atoms with Crippen molar-refractivity contribution < 1.29 is 14.4 Å². The highest BCUT2D eigenvalue weighted by molar-refractivity contribution is 9.10. The molecular weight excluding hydrogens is 580 g/mol. The van der Waals surface area contributed by atoms with E-state index >= 15 is 0 Å². The van der Waals surface area contributed by atoms with Gasteiger partial charge in [0.2, 0.25) is 17.7 Å². The van der Waals surface area contributed by atoms with E-state index in [0.29, 0.717) is 25.9 Å². The number of amides is 3. The maximum absolute atomic E-state index is 13.5. The summed E-state index contributed by atoms with van der Waals surface area (Å²) in [5.41, 5.74) is 1.58. The van der Waals surface area contributed by atoms with Crippen molar-refractivity contribution in [3.63, 3.8) is 0 Å². The first kappa shape index (κ1) is 30.7. The van der Waals surface area contributed by atoms with Gasteiger partial charge >= 0.3 is 0 Å². The van der Waals surface area contributed by atoms with Gasteiger partial charge < -0.3 is 20.9 Å². The van der Waals surface area contributed by atoms with Crippen molar-refractivity contribution in [3.05, 3.63) is 82.3 Å². The lowest BCUT2D eigenvalue weighted by molar-refractivity contribution is -0.145. The largest absolute Gasteiger partial charge is 0.354 e. The highest BCUT2D eigenvalue weighted by atomic mass is 79.9. The van der Waals surface area contributed by atoms with Gasteiger partial charge in [-0.2, -0.15) is 0 Å². The Morgan fingerprint density at radius 3 is 2.49 bits per heavy atom. The zero-order chi connectivity index (χ0) is 29.4. The van der Waals surface area contributed by atoms with Gasteiger partial charge in [0.1, 0.15) is 12.1 Å². The second kappa shape index (κ2) is 14.1. The summed E-state index contributed by atoms with van der Waals surface area (Å²) < 4.78 is 1.05. The quantitative estimate of drug-likeness (QED) is 0.264. The minimum Gasteiger partial charge on any atom is -0.354 e. The number of hydrogen-bond acceptors (Lipinski definition) is 4. The molecule has 4 rings (SSSR count). The Bertz CT molecular complexity index is 1370. The number of likely N-dealkylation sites (tertiary alicyclic amines) is 1. The molecular formula is C33H41BrN4O3. The molecule has 218 valence electrons. The number of halogens is 1. The van der Waals surface area contributed by atoms with E-state index in [0.717, 1.165) is 46.7 Å². The van der Waals surface area contributed by atoms with Crippen LogP contribution in [0.1, 0.15) is 51.2 Å². The minimum atomic E-state index is -0.745. The van der Waals surface area contributed by atoms with Crippen LogP contribution in [-0.4, -0.2) is 54.3 Å². The Balaban J connectivity index is 1.38. The molecule has 1 aliphatic heterocycles. The van der Waals surface area contributed by atoms with Gasteiger partial charge in [-0.05, 0) is 59.8 Å². The molecule has 1 heterocycles. The lowest BCUT2D eigenvalue weighted by Gasteiger charge is -2.31. The van der Waals surface area contributed by atoms with Gasteiger partial charge in [-0.1, -0.05) is 91.3 Å². The van der Waals surface area contributed by atoms with E-state index in [1.54, 1.807) is 4.90 Å². The third-order valence-corrected chi connectivity index (χ3v) is 7.89. The molecule has 0 saturated carbocycles. The molecule has 1 fully saturated rings. The molecule has 1 saturated heterocycles. The van der Waals surface area contributed by atoms with Crippen LogP contribution >= 0.6 is 15.9 Å². The summed E-state index contributed by atoms with van der Waals surface area (Å²) in [6.45, 7) is 8.15. The Labute approximate surface area is 251 Å². The fourth-order valence-corrected chi connectivity index (χ4v) is 5.67. The normalized spacial score (nSPS) is 16.0. The van der Waals surface area contributed by atoms with E-state index in [4.69, 9.17) is 0 Å². The Morgan fingerprint density at radius 2 is 1.73 bits per heavy atom. The molecule has 0 aromatic heterocycles. The SMILES string of the molecule is CC(C)(C)C(=O)N1CCCC1C(=O)N[C@H](Cc1ccc2ccccc2c1)C(=O)NCCCNCc1cccc(Br)c1. The highest BCUT2D eigenvalue weighted by Gasteiger charge is 2.39. The number of carbonyl (C=O) groups excluding carboxylic acids is 3. The molecule has 0 radical (unpaired) electrons. The van der Waals surface area contributed by atoms with Crippen LogP contribution in [0.5, 0.6) is 0 Å². The van der Waals surface area contributed by atoms with Crippen molar-refractivity contribution in [2.75, 3.05) is 19.6 Å². The van der Waals surface area contributed by atoms with Gasteiger partial charge in [0.05, 0.1) is 0 Å². The van der Waals surface area contributed by atoms with Crippen molar-refractivity contribution in [1.29, 1.82) is 0 Å². The third-order valence-electron chi connectivity index (χ3n) is 7.39. The molecule has 7 nitrogen and oxygen atoms in total. The van der Waals surface area contributed by atoms with E-state index in [-0.39, 0.29) is 17.7 Å². The first-order valence-corrected chi connectivity index (χ1v) is 15.2.